The molecule has 0 aliphatic rings. The lowest BCUT2D eigenvalue weighted by molar-refractivity contribution is 0.316. The largest absolute Gasteiger partial charge is 0.409 e. The van der Waals surface area contributed by atoms with Gasteiger partial charge in [0.1, 0.15) is 5.84 Å². The van der Waals surface area contributed by atoms with Gasteiger partial charge in [-0.05, 0) is 47.0 Å². The van der Waals surface area contributed by atoms with Gasteiger partial charge in [0.25, 0.3) is 0 Å². The summed E-state index contributed by atoms with van der Waals surface area (Å²) in [5.41, 5.74) is 7.65. The molecule has 0 aliphatic carbocycles. The van der Waals surface area contributed by atoms with Crippen molar-refractivity contribution in [1.82, 2.24) is 0 Å². The molecule has 4 nitrogen and oxygen atoms in total. The van der Waals surface area contributed by atoms with Crippen LogP contribution in [0.25, 0.3) is 0 Å². The summed E-state index contributed by atoms with van der Waals surface area (Å²) < 4.78 is 1.04. The minimum Gasteiger partial charge on any atom is -0.409 e. The molecular weight excluding hydrogens is 270 g/mol. The number of amidine groups is 1. The molecule has 0 aliphatic heterocycles. The van der Waals surface area contributed by atoms with Gasteiger partial charge in [-0.3, -0.25) is 0 Å². The van der Waals surface area contributed by atoms with E-state index in [9.17, 15) is 0 Å². The second-order valence-electron chi connectivity index (χ2n) is 3.60. The Morgan fingerprint density at radius 3 is 3.00 bits per heavy atom. The molecule has 0 amide bonds. The molecule has 16 heavy (non-hydrogen) atoms. The van der Waals surface area contributed by atoms with Crippen LogP contribution in [0.4, 0.5) is 5.69 Å². The van der Waals surface area contributed by atoms with Crippen LogP contribution in [0, 0.1) is 6.92 Å². The zero-order valence-corrected chi connectivity index (χ0v) is 10.8. The molecule has 88 valence electrons. The van der Waals surface area contributed by atoms with Crippen LogP contribution in [0.15, 0.2) is 27.8 Å². The molecule has 0 atom stereocenters. The Balaban J connectivity index is 2.40. The first-order valence-corrected chi connectivity index (χ1v) is 5.89. The summed E-state index contributed by atoms with van der Waals surface area (Å²) in [6.45, 7) is 2.84. The Kier molecular flexibility index (Phi) is 5.11. The number of aryl methyl sites for hydroxylation is 1. The fraction of sp³-hybridized carbons (Fsp3) is 0.364. The van der Waals surface area contributed by atoms with Crippen molar-refractivity contribution in [3.63, 3.8) is 0 Å². The number of hydrogen-bond acceptors (Lipinski definition) is 3. The first-order valence-electron chi connectivity index (χ1n) is 5.10. The number of anilines is 1. The zero-order chi connectivity index (χ0) is 12.0. The third kappa shape index (κ3) is 4.10. The lowest BCUT2D eigenvalue weighted by Gasteiger charge is -2.09. The van der Waals surface area contributed by atoms with Crippen molar-refractivity contribution in [3.8, 4) is 0 Å². The second kappa shape index (κ2) is 6.37. The Morgan fingerprint density at radius 2 is 2.31 bits per heavy atom. The van der Waals surface area contributed by atoms with E-state index in [-0.39, 0.29) is 5.84 Å². The van der Waals surface area contributed by atoms with E-state index in [1.807, 2.05) is 19.1 Å². The minimum absolute atomic E-state index is 0.269. The molecule has 0 heterocycles. The molecule has 0 saturated carbocycles. The van der Waals surface area contributed by atoms with E-state index in [1.54, 1.807) is 0 Å². The highest BCUT2D eigenvalue weighted by Gasteiger charge is 1.99. The Bertz CT molecular complexity index is 379. The molecule has 0 bridgehead atoms. The van der Waals surface area contributed by atoms with Gasteiger partial charge in [0.05, 0.1) is 0 Å². The molecule has 0 aromatic heterocycles. The number of rotatable bonds is 5. The summed E-state index contributed by atoms with van der Waals surface area (Å²) in [7, 11) is 0. The highest BCUT2D eigenvalue weighted by Crippen LogP contribution is 2.23. The van der Waals surface area contributed by atoms with Crippen molar-refractivity contribution >= 4 is 27.5 Å². The van der Waals surface area contributed by atoms with Gasteiger partial charge in [-0.25, -0.2) is 0 Å². The van der Waals surface area contributed by atoms with Crippen LogP contribution in [0.1, 0.15) is 18.4 Å². The molecule has 0 fully saturated rings. The maximum absolute atomic E-state index is 8.37. The average molecular weight is 286 g/mol. The summed E-state index contributed by atoms with van der Waals surface area (Å²) in [5.74, 6) is 0.269. The van der Waals surface area contributed by atoms with Crippen molar-refractivity contribution in [2.24, 2.45) is 10.9 Å². The number of oxime groups is 1. The van der Waals surface area contributed by atoms with E-state index in [2.05, 4.69) is 32.5 Å². The van der Waals surface area contributed by atoms with Crippen molar-refractivity contribution in [2.75, 3.05) is 11.9 Å². The quantitative estimate of drug-likeness (QED) is 0.256. The number of hydrogen-bond donors (Lipinski definition) is 3. The summed E-state index contributed by atoms with van der Waals surface area (Å²) in [6, 6.07) is 6.14. The van der Waals surface area contributed by atoms with E-state index in [4.69, 9.17) is 10.9 Å². The van der Waals surface area contributed by atoms with Gasteiger partial charge >= 0.3 is 0 Å². The van der Waals surface area contributed by atoms with Gasteiger partial charge in [0.15, 0.2) is 0 Å². The fourth-order valence-electron chi connectivity index (χ4n) is 1.32. The molecule has 0 radical (unpaired) electrons. The molecule has 0 spiro atoms. The topological polar surface area (TPSA) is 70.6 Å². The van der Waals surface area contributed by atoms with Gasteiger partial charge in [0, 0.05) is 23.1 Å². The third-order valence-corrected chi connectivity index (χ3v) is 2.87. The molecule has 0 saturated heterocycles. The summed E-state index contributed by atoms with van der Waals surface area (Å²) in [5, 5.41) is 14.6. The molecule has 1 aromatic carbocycles. The van der Waals surface area contributed by atoms with Crippen LogP contribution < -0.4 is 11.1 Å². The molecular formula is C11H16BrN3O. The van der Waals surface area contributed by atoms with Gasteiger partial charge in [-0.2, -0.15) is 0 Å². The Morgan fingerprint density at radius 1 is 1.56 bits per heavy atom. The van der Waals surface area contributed by atoms with Crippen LogP contribution in [0.5, 0.6) is 0 Å². The smallest absolute Gasteiger partial charge is 0.139 e. The monoisotopic (exact) mass is 285 g/mol. The maximum atomic E-state index is 8.37. The molecule has 1 aromatic rings. The summed E-state index contributed by atoms with van der Waals surface area (Å²) in [4.78, 5) is 0. The van der Waals surface area contributed by atoms with Crippen LogP contribution in [0.3, 0.4) is 0 Å². The maximum Gasteiger partial charge on any atom is 0.139 e. The summed E-state index contributed by atoms with van der Waals surface area (Å²) >= 11 is 3.47. The SMILES string of the molecule is Cc1ccc(Br)c(NCCC/C(N)=N/O)c1. The Labute approximate surface area is 104 Å². The minimum atomic E-state index is 0.269. The highest BCUT2D eigenvalue weighted by atomic mass is 79.9. The van der Waals surface area contributed by atoms with Crippen molar-refractivity contribution in [1.29, 1.82) is 0 Å². The number of halogens is 1. The first kappa shape index (κ1) is 12.8. The van der Waals surface area contributed by atoms with Crippen molar-refractivity contribution in [3.05, 3.63) is 28.2 Å². The number of benzene rings is 1. The van der Waals surface area contributed by atoms with E-state index in [1.165, 1.54) is 5.56 Å². The number of nitrogens with one attached hydrogen (secondary N) is 1. The number of nitrogens with zero attached hydrogens (tertiary/aromatic N) is 1. The standard InChI is InChI=1S/C11H16BrN3O/c1-8-4-5-9(12)10(7-8)14-6-2-3-11(13)15-16/h4-5,7,14,16H,2-3,6H2,1H3,(H2,13,15). The highest BCUT2D eigenvalue weighted by molar-refractivity contribution is 9.10. The zero-order valence-electron chi connectivity index (χ0n) is 9.20. The van der Waals surface area contributed by atoms with Crippen LogP contribution in [0.2, 0.25) is 0 Å². The van der Waals surface area contributed by atoms with Gasteiger partial charge in [-0.15, -0.1) is 0 Å². The predicted molar refractivity (Wildman–Crippen MR) is 70.0 cm³/mol. The van der Waals surface area contributed by atoms with Crippen LogP contribution in [-0.4, -0.2) is 17.6 Å². The second-order valence-corrected chi connectivity index (χ2v) is 4.46. The first-order chi connectivity index (χ1) is 7.63. The van der Waals surface area contributed by atoms with Gasteiger partial charge in [0.2, 0.25) is 0 Å². The van der Waals surface area contributed by atoms with E-state index < -0.39 is 0 Å². The van der Waals surface area contributed by atoms with E-state index in [0.29, 0.717) is 6.42 Å². The van der Waals surface area contributed by atoms with Crippen molar-refractivity contribution < 1.29 is 5.21 Å². The normalized spacial score (nSPS) is 11.5. The molecule has 1 rings (SSSR count). The lowest BCUT2D eigenvalue weighted by atomic mass is 10.2. The average Bonchev–Trinajstić information content (AvgIpc) is 2.28. The van der Waals surface area contributed by atoms with Gasteiger partial charge < -0.3 is 16.3 Å². The van der Waals surface area contributed by atoms with E-state index in [0.717, 1.165) is 23.1 Å². The molecule has 4 N–H and O–H groups in total. The Hall–Kier alpha value is -1.23. The van der Waals surface area contributed by atoms with Gasteiger partial charge in [-0.1, -0.05) is 11.2 Å². The third-order valence-electron chi connectivity index (χ3n) is 2.18. The summed E-state index contributed by atoms with van der Waals surface area (Å²) in [6.07, 6.45) is 1.42. The van der Waals surface area contributed by atoms with Crippen molar-refractivity contribution in [2.45, 2.75) is 19.8 Å². The van der Waals surface area contributed by atoms with Crippen LogP contribution in [-0.2, 0) is 0 Å². The van der Waals surface area contributed by atoms with E-state index >= 15 is 0 Å². The fourth-order valence-corrected chi connectivity index (χ4v) is 1.70. The molecule has 5 heteroatoms. The predicted octanol–water partition coefficient (Wildman–Crippen LogP) is 2.70. The number of nitrogens with two attached hydrogens (primary N) is 1. The molecule has 0 unspecified atom stereocenters. The lowest BCUT2D eigenvalue weighted by Crippen LogP contribution is -2.13. The van der Waals surface area contributed by atoms with Crippen LogP contribution >= 0.6 is 15.9 Å².